The Morgan fingerprint density at radius 3 is 1.29 bits per heavy atom. The number of aryl methyl sites for hydroxylation is 2. The van der Waals surface area contributed by atoms with Gasteiger partial charge in [-0.2, -0.15) is 0 Å². The molecule has 0 saturated heterocycles. The van der Waals surface area contributed by atoms with Crippen molar-refractivity contribution in [2.24, 2.45) is 0 Å². The molecule has 0 spiro atoms. The molecule has 0 radical (unpaired) electrons. The summed E-state index contributed by atoms with van der Waals surface area (Å²) in [7, 11) is 0. The molecule has 1 aromatic rings. The molecule has 2 heteroatoms. The monoisotopic (exact) mass is 290 g/mol. The molecule has 2 nitrogen and oxygen atoms in total. The van der Waals surface area contributed by atoms with E-state index in [0.717, 1.165) is 39.3 Å². The molecule has 0 aliphatic heterocycles. The van der Waals surface area contributed by atoms with Crippen LogP contribution < -0.4 is 0 Å². The summed E-state index contributed by atoms with van der Waals surface area (Å²) in [6.45, 7) is 22.5. The van der Waals surface area contributed by atoms with E-state index in [1.165, 1.54) is 27.8 Å². The lowest BCUT2D eigenvalue weighted by Crippen LogP contribution is -2.25. The molecule has 0 amide bonds. The van der Waals surface area contributed by atoms with Crippen LogP contribution >= 0.6 is 0 Å². The first-order chi connectivity index (χ1) is 9.98. The van der Waals surface area contributed by atoms with Crippen LogP contribution in [0.2, 0.25) is 0 Å². The number of benzene rings is 1. The largest absolute Gasteiger partial charge is 0.300 e. The van der Waals surface area contributed by atoms with Crippen LogP contribution in [-0.4, -0.2) is 36.0 Å². The van der Waals surface area contributed by atoms with E-state index >= 15 is 0 Å². The van der Waals surface area contributed by atoms with Gasteiger partial charge in [0.15, 0.2) is 0 Å². The lowest BCUT2D eigenvalue weighted by Gasteiger charge is -2.26. The van der Waals surface area contributed by atoms with E-state index < -0.39 is 0 Å². The maximum Gasteiger partial charge on any atom is 0.0238 e. The van der Waals surface area contributed by atoms with Crippen LogP contribution in [0.1, 0.15) is 55.5 Å². The molecule has 0 saturated carbocycles. The van der Waals surface area contributed by atoms with Crippen molar-refractivity contribution in [3.63, 3.8) is 0 Å². The second-order valence-electron chi connectivity index (χ2n) is 6.02. The zero-order valence-electron chi connectivity index (χ0n) is 15.2. The van der Waals surface area contributed by atoms with Crippen molar-refractivity contribution in [3.05, 3.63) is 33.9 Å². The summed E-state index contributed by atoms with van der Waals surface area (Å²) in [6, 6.07) is 2.38. The Bertz CT molecular complexity index is 405. The topological polar surface area (TPSA) is 6.48 Å². The van der Waals surface area contributed by atoms with Gasteiger partial charge in [0.25, 0.3) is 0 Å². The normalized spacial score (nSPS) is 11.7. The Morgan fingerprint density at radius 2 is 1.00 bits per heavy atom. The summed E-state index contributed by atoms with van der Waals surface area (Å²) in [5.41, 5.74) is 7.46. The third-order valence-corrected chi connectivity index (χ3v) is 4.84. The zero-order valence-corrected chi connectivity index (χ0v) is 15.2. The molecule has 21 heavy (non-hydrogen) atoms. The third kappa shape index (κ3) is 4.55. The van der Waals surface area contributed by atoms with Crippen LogP contribution in [0.15, 0.2) is 6.07 Å². The summed E-state index contributed by atoms with van der Waals surface area (Å²) >= 11 is 0. The first kappa shape index (κ1) is 18.2. The van der Waals surface area contributed by atoms with Gasteiger partial charge in [0.1, 0.15) is 0 Å². The van der Waals surface area contributed by atoms with Gasteiger partial charge in [0.05, 0.1) is 0 Å². The Morgan fingerprint density at radius 1 is 0.667 bits per heavy atom. The third-order valence-electron chi connectivity index (χ3n) is 4.84. The maximum absolute atomic E-state index is 2.51. The van der Waals surface area contributed by atoms with E-state index in [-0.39, 0.29) is 0 Å². The first-order valence-electron chi connectivity index (χ1n) is 8.51. The quantitative estimate of drug-likeness (QED) is 0.704. The van der Waals surface area contributed by atoms with Gasteiger partial charge in [0.2, 0.25) is 0 Å². The minimum Gasteiger partial charge on any atom is -0.300 e. The van der Waals surface area contributed by atoms with E-state index in [1.54, 1.807) is 0 Å². The van der Waals surface area contributed by atoms with E-state index in [4.69, 9.17) is 0 Å². The van der Waals surface area contributed by atoms with Crippen LogP contribution in [-0.2, 0) is 13.1 Å². The Labute approximate surface area is 132 Å². The smallest absolute Gasteiger partial charge is 0.0238 e. The van der Waals surface area contributed by atoms with Crippen molar-refractivity contribution >= 4 is 0 Å². The summed E-state index contributed by atoms with van der Waals surface area (Å²) < 4.78 is 0. The fourth-order valence-corrected chi connectivity index (χ4v) is 3.10. The zero-order chi connectivity index (χ0) is 16.0. The molecular weight excluding hydrogens is 256 g/mol. The van der Waals surface area contributed by atoms with Crippen LogP contribution in [0.4, 0.5) is 0 Å². The number of hydrogen-bond donors (Lipinski definition) is 0. The number of nitrogens with zero attached hydrogens (tertiary/aromatic N) is 2. The standard InChI is InChI=1S/C19H34N2/c1-8-20(9-2)13-18-15(5)12-16(6)19(17(18)7)14-21(10-3)11-4/h12H,8-11,13-14H2,1-7H3. The highest BCUT2D eigenvalue weighted by Crippen LogP contribution is 2.25. The summed E-state index contributed by atoms with van der Waals surface area (Å²) in [6.07, 6.45) is 0. The predicted molar refractivity (Wildman–Crippen MR) is 93.9 cm³/mol. The van der Waals surface area contributed by atoms with Gasteiger partial charge >= 0.3 is 0 Å². The number of rotatable bonds is 8. The fraction of sp³-hybridized carbons (Fsp3) is 0.684. The van der Waals surface area contributed by atoms with Crippen molar-refractivity contribution in [2.45, 2.75) is 61.6 Å². The molecule has 0 bridgehead atoms. The molecule has 0 N–H and O–H groups in total. The highest BCUT2D eigenvalue weighted by atomic mass is 15.1. The van der Waals surface area contributed by atoms with Crippen LogP contribution in [0.3, 0.4) is 0 Å². The van der Waals surface area contributed by atoms with Crippen LogP contribution in [0, 0.1) is 20.8 Å². The molecule has 0 atom stereocenters. The Hall–Kier alpha value is -0.860. The van der Waals surface area contributed by atoms with E-state index in [1.807, 2.05) is 0 Å². The highest BCUT2D eigenvalue weighted by molar-refractivity contribution is 5.44. The van der Waals surface area contributed by atoms with Gasteiger partial charge in [-0.15, -0.1) is 0 Å². The fourth-order valence-electron chi connectivity index (χ4n) is 3.10. The predicted octanol–water partition coefficient (Wildman–Crippen LogP) is 4.30. The molecule has 0 aliphatic carbocycles. The second-order valence-corrected chi connectivity index (χ2v) is 6.02. The average molecular weight is 290 g/mol. The summed E-state index contributed by atoms with van der Waals surface area (Å²) in [5.74, 6) is 0. The van der Waals surface area contributed by atoms with Gasteiger partial charge in [-0.25, -0.2) is 0 Å². The summed E-state index contributed by atoms with van der Waals surface area (Å²) in [5, 5.41) is 0. The maximum atomic E-state index is 2.51. The minimum atomic E-state index is 1.08. The van der Waals surface area contributed by atoms with Gasteiger partial charge in [-0.05, 0) is 74.8 Å². The van der Waals surface area contributed by atoms with Gasteiger partial charge in [-0.1, -0.05) is 33.8 Å². The van der Waals surface area contributed by atoms with Gasteiger partial charge < -0.3 is 0 Å². The number of hydrogen-bond acceptors (Lipinski definition) is 2. The van der Waals surface area contributed by atoms with E-state index in [2.05, 4.69) is 64.3 Å². The molecule has 0 aromatic heterocycles. The van der Waals surface area contributed by atoms with E-state index in [9.17, 15) is 0 Å². The second kappa shape index (κ2) is 8.55. The van der Waals surface area contributed by atoms with Crippen molar-refractivity contribution in [2.75, 3.05) is 26.2 Å². The molecule has 0 aliphatic rings. The van der Waals surface area contributed by atoms with Crippen molar-refractivity contribution in [1.82, 2.24) is 9.80 Å². The first-order valence-corrected chi connectivity index (χ1v) is 8.51. The van der Waals surface area contributed by atoms with Crippen molar-refractivity contribution in [1.29, 1.82) is 0 Å². The van der Waals surface area contributed by atoms with E-state index in [0.29, 0.717) is 0 Å². The molecule has 0 heterocycles. The highest BCUT2D eigenvalue weighted by Gasteiger charge is 2.14. The van der Waals surface area contributed by atoms with Crippen LogP contribution in [0.5, 0.6) is 0 Å². The van der Waals surface area contributed by atoms with Gasteiger partial charge in [-0.3, -0.25) is 9.80 Å². The SMILES string of the molecule is CCN(CC)Cc1c(C)cc(C)c(CN(CC)CC)c1C. The van der Waals surface area contributed by atoms with Crippen molar-refractivity contribution < 1.29 is 0 Å². The van der Waals surface area contributed by atoms with Gasteiger partial charge in [0, 0.05) is 13.1 Å². The molecule has 1 rings (SSSR count). The Kier molecular flexibility index (Phi) is 7.41. The molecule has 0 fully saturated rings. The average Bonchev–Trinajstić information content (AvgIpc) is 2.47. The molecule has 0 unspecified atom stereocenters. The summed E-state index contributed by atoms with van der Waals surface area (Å²) in [4.78, 5) is 5.01. The lowest BCUT2D eigenvalue weighted by molar-refractivity contribution is 0.289. The van der Waals surface area contributed by atoms with Crippen LogP contribution in [0.25, 0.3) is 0 Å². The molecular formula is C19H34N2. The van der Waals surface area contributed by atoms with Crippen molar-refractivity contribution in [3.8, 4) is 0 Å². The minimum absolute atomic E-state index is 1.08. The Balaban J connectivity index is 3.15. The lowest BCUT2D eigenvalue weighted by atomic mass is 9.92. The molecule has 1 aromatic carbocycles. The molecule has 120 valence electrons.